The zero-order valence-corrected chi connectivity index (χ0v) is 23.0. The molecular formula is C29H40N8O2. The summed E-state index contributed by atoms with van der Waals surface area (Å²) >= 11 is 0. The number of hydrogen-bond acceptors (Lipinski definition) is 6. The van der Waals surface area contributed by atoms with E-state index in [9.17, 15) is 4.79 Å². The first-order valence-corrected chi connectivity index (χ1v) is 14.4. The van der Waals surface area contributed by atoms with E-state index in [-0.39, 0.29) is 11.4 Å². The van der Waals surface area contributed by atoms with Crippen LogP contribution in [0.4, 0.5) is 17.3 Å². The monoisotopic (exact) mass is 532 g/mol. The molecule has 1 spiro atoms. The van der Waals surface area contributed by atoms with E-state index in [1.807, 2.05) is 25.3 Å². The fourth-order valence-corrected chi connectivity index (χ4v) is 6.83. The molecule has 2 N–H and O–H groups in total. The fraction of sp³-hybridized carbons (Fsp3) is 0.586. The third-order valence-electron chi connectivity index (χ3n) is 8.97. The lowest BCUT2D eigenvalue weighted by Crippen LogP contribution is -2.52. The van der Waals surface area contributed by atoms with Crippen molar-refractivity contribution in [1.29, 1.82) is 0 Å². The summed E-state index contributed by atoms with van der Waals surface area (Å²) in [5, 5.41) is 6.36. The number of amides is 1. The molecule has 3 fully saturated rings. The average molecular weight is 533 g/mol. The largest absolute Gasteiger partial charge is 0.379 e. The van der Waals surface area contributed by atoms with Gasteiger partial charge in [-0.3, -0.25) is 9.69 Å². The van der Waals surface area contributed by atoms with Gasteiger partial charge in [0.15, 0.2) is 0 Å². The van der Waals surface area contributed by atoms with Crippen molar-refractivity contribution >= 4 is 35.9 Å². The Bertz CT molecular complexity index is 1220. The number of carbonyl (C=O) groups is 1. The number of rotatable bonds is 4. The van der Waals surface area contributed by atoms with Crippen LogP contribution in [0, 0.1) is 6.92 Å². The zero-order chi connectivity index (χ0) is 26.8. The van der Waals surface area contributed by atoms with Crippen molar-refractivity contribution < 1.29 is 9.53 Å². The zero-order valence-electron chi connectivity index (χ0n) is 23.0. The van der Waals surface area contributed by atoms with E-state index >= 15 is 0 Å². The van der Waals surface area contributed by atoms with Gasteiger partial charge in [0, 0.05) is 38.8 Å². The summed E-state index contributed by atoms with van der Waals surface area (Å²) < 4.78 is 7.69. The van der Waals surface area contributed by atoms with Gasteiger partial charge in [-0.05, 0) is 63.1 Å². The first kappa shape index (κ1) is 26.0. The maximum atomic E-state index is 12.7. The number of piperidine rings is 1. The van der Waals surface area contributed by atoms with Gasteiger partial charge in [-0.25, -0.2) is 9.98 Å². The molecule has 10 heteroatoms. The molecule has 3 aliphatic heterocycles. The van der Waals surface area contributed by atoms with Crippen LogP contribution in [0.5, 0.6) is 0 Å². The van der Waals surface area contributed by atoms with E-state index in [4.69, 9.17) is 9.73 Å². The second kappa shape index (κ2) is 11.1. The number of fused-ring (bicyclic) bond motifs is 2. The Morgan fingerprint density at radius 1 is 1.15 bits per heavy atom. The lowest BCUT2D eigenvalue weighted by molar-refractivity contribution is 0.0115. The van der Waals surface area contributed by atoms with Crippen molar-refractivity contribution in [1.82, 2.24) is 19.8 Å². The molecular weight excluding hydrogens is 492 g/mol. The smallest absolute Gasteiger partial charge is 0.268 e. The lowest BCUT2D eigenvalue weighted by atomic mass is 9.80. The molecule has 2 aromatic rings. The summed E-state index contributed by atoms with van der Waals surface area (Å²) in [7, 11) is 0. The van der Waals surface area contributed by atoms with E-state index in [0.29, 0.717) is 30.1 Å². The van der Waals surface area contributed by atoms with Crippen molar-refractivity contribution in [2.45, 2.75) is 63.5 Å². The highest BCUT2D eigenvalue weighted by Gasteiger charge is 2.42. The van der Waals surface area contributed by atoms with Gasteiger partial charge < -0.3 is 24.8 Å². The van der Waals surface area contributed by atoms with Crippen molar-refractivity contribution in [2.24, 2.45) is 9.98 Å². The van der Waals surface area contributed by atoms with Crippen molar-refractivity contribution in [3.63, 3.8) is 0 Å². The van der Waals surface area contributed by atoms with Crippen LogP contribution in [0.1, 0.15) is 61.0 Å². The van der Waals surface area contributed by atoms with Gasteiger partial charge in [0.2, 0.25) is 5.96 Å². The fourth-order valence-electron chi connectivity index (χ4n) is 6.83. The molecule has 0 bridgehead atoms. The molecule has 10 nitrogen and oxygen atoms in total. The Balaban J connectivity index is 1.16. The molecule has 0 atom stereocenters. The van der Waals surface area contributed by atoms with E-state index in [2.05, 4.69) is 47.8 Å². The van der Waals surface area contributed by atoms with Crippen LogP contribution in [0.25, 0.3) is 0 Å². The van der Waals surface area contributed by atoms with Crippen molar-refractivity contribution in [2.75, 3.05) is 56.2 Å². The van der Waals surface area contributed by atoms with Crippen LogP contribution in [0.3, 0.4) is 0 Å². The predicted molar refractivity (Wildman–Crippen MR) is 155 cm³/mol. The summed E-state index contributed by atoms with van der Waals surface area (Å²) in [5.41, 5.74) is 2.64. The number of guanidine groups is 1. The van der Waals surface area contributed by atoms with Crippen LogP contribution >= 0.6 is 0 Å². The Labute approximate surface area is 230 Å². The van der Waals surface area contributed by atoms with E-state index in [1.165, 1.54) is 6.42 Å². The molecule has 208 valence electrons. The molecule has 6 rings (SSSR count). The average Bonchev–Trinajstić information content (AvgIpc) is 3.33. The second-order valence-electron chi connectivity index (χ2n) is 11.3. The van der Waals surface area contributed by atoms with Crippen LogP contribution in [-0.4, -0.2) is 85.0 Å². The Kier molecular flexibility index (Phi) is 7.40. The summed E-state index contributed by atoms with van der Waals surface area (Å²) in [6, 6.07) is 6.68. The highest BCUT2D eigenvalue weighted by Crippen LogP contribution is 2.42. The Hall–Kier alpha value is -3.24. The number of aliphatic imine (C=N–C) groups is 2. The third kappa shape index (κ3) is 5.19. The van der Waals surface area contributed by atoms with E-state index < -0.39 is 0 Å². The van der Waals surface area contributed by atoms with Gasteiger partial charge in [-0.2, -0.15) is 4.99 Å². The number of pyridine rings is 1. The first-order valence-electron chi connectivity index (χ1n) is 14.4. The number of aromatic nitrogens is 2. The van der Waals surface area contributed by atoms with Gasteiger partial charge >= 0.3 is 0 Å². The van der Waals surface area contributed by atoms with Gasteiger partial charge in [0.05, 0.1) is 30.6 Å². The minimum atomic E-state index is -0.129. The van der Waals surface area contributed by atoms with Crippen molar-refractivity contribution in [3.05, 3.63) is 35.7 Å². The third-order valence-corrected chi connectivity index (χ3v) is 8.97. The predicted octanol–water partition coefficient (Wildman–Crippen LogP) is 3.70. The number of nitrogens with one attached hydrogen (secondary N) is 2. The van der Waals surface area contributed by atoms with Crippen LogP contribution in [0.15, 0.2) is 34.4 Å². The summed E-state index contributed by atoms with van der Waals surface area (Å²) in [6.45, 7) is 12.3. The van der Waals surface area contributed by atoms with E-state index in [1.54, 1.807) is 0 Å². The number of anilines is 2. The molecule has 0 aromatic carbocycles. The molecule has 2 aromatic heterocycles. The van der Waals surface area contributed by atoms with Crippen LogP contribution in [0.2, 0.25) is 0 Å². The highest BCUT2D eigenvalue weighted by atomic mass is 16.5. The minimum Gasteiger partial charge on any atom is -0.379 e. The summed E-state index contributed by atoms with van der Waals surface area (Å²) in [4.78, 5) is 31.5. The SMILES string of the molecule is C=N/C(=N\c1c(C)cc2n1C1(CCCCC1)CNC2=O)Nc1ccc(N2CCC(N3CCOCC3)CC2)cn1. The summed E-state index contributed by atoms with van der Waals surface area (Å²) in [5.74, 6) is 1.78. The molecule has 5 heterocycles. The Morgan fingerprint density at radius 3 is 2.62 bits per heavy atom. The van der Waals surface area contributed by atoms with E-state index in [0.717, 1.165) is 95.0 Å². The number of ether oxygens (including phenoxy) is 1. The normalized spacial score (nSPS) is 22.4. The molecule has 1 aliphatic carbocycles. The molecule has 1 amide bonds. The molecule has 39 heavy (non-hydrogen) atoms. The van der Waals surface area contributed by atoms with Gasteiger partial charge in [0.1, 0.15) is 17.3 Å². The number of morpholine rings is 1. The molecule has 1 saturated carbocycles. The van der Waals surface area contributed by atoms with Crippen molar-refractivity contribution in [3.8, 4) is 0 Å². The van der Waals surface area contributed by atoms with Gasteiger partial charge in [-0.15, -0.1) is 0 Å². The standard InChI is InChI=1S/C29H40N8O2/c1-21-18-24-27(38)32-20-29(10-4-3-5-11-29)37(24)26(21)34-28(30-2)33-25-7-6-23(19-31-25)35-12-8-22(9-13-35)36-14-16-39-17-15-36/h6-7,18-19,22H,2-5,8-17,20H2,1H3,(H,32,38)(H,31,33,34). The van der Waals surface area contributed by atoms with Crippen LogP contribution < -0.4 is 15.5 Å². The van der Waals surface area contributed by atoms with Crippen LogP contribution in [-0.2, 0) is 10.3 Å². The number of carbonyl (C=O) groups excluding carboxylic acids is 1. The molecule has 0 unspecified atom stereocenters. The number of nitrogens with zero attached hydrogens (tertiary/aromatic N) is 6. The topological polar surface area (TPSA) is 99.4 Å². The van der Waals surface area contributed by atoms with Gasteiger partial charge in [0.25, 0.3) is 5.91 Å². The number of hydrogen-bond donors (Lipinski definition) is 2. The van der Waals surface area contributed by atoms with Gasteiger partial charge in [-0.1, -0.05) is 19.3 Å². The number of aryl methyl sites for hydroxylation is 1. The Morgan fingerprint density at radius 2 is 1.92 bits per heavy atom. The first-order chi connectivity index (χ1) is 19.1. The second-order valence-corrected chi connectivity index (χ2v) is 11.3. The maximum Gasteiger partial charge on any atom is 0.268 e. The molecule has 2 saturated heterocycles. The quantitative estimate of drug-likeness (QED) is 0.460. The molecule has 4 aliphatic rings. The highest BCUT2D eigenvalue weighted by molar-refractivity contribution is 5.99. The lowest BCUT2D eigenvalue weighted by Gasteiger charge is -2.43. The summed E-state index contributed by atoms with van der Waals surface area (Å²) in [6.07, 6.45) is 9.86. The maximum absolute atomic E-state index is 12.7. The molecule has 0 radical (unpaired) electrons. The minimum absolute atomic E-state index is 0.0388.